The number of nitrogens with one attached hydrogen (secondary N) is 1. The molecule has 0 saturated heterocycles. The Morgan fingerprint density at radius 2 is 1.94 bits per heavy atom. The Morgan fingerprint density at radius 3 is 2.75 bits per heavy atom. The lowest BCUT2D eigenvalue weighted by atomic mass is 9.99. The van der Waals surface area contributed by atoms with Crippen molar-refractivity contribution in [1.82, 2.24) is 15.2 Å². The van der Waals surface area contributed by atoms with Crippen LogP contribution in [0.25, 0.3) is 33.3 Å². The van der Waals surface area contributed by atoms with E-state index in [1.54, 1.807) is 18.7 Å². The zero-order valence-corrected chi connectivity index (χ0v) is 17.7. The number of H-pyrrole nitrogens is 1. The van der Waals surface area contributed by atoms with Crippen molar-refractivity contribution in [3.05, 3.63) is 90.6 Å². The van der Waals surface area contributed by atoms with Gasteiger partial charge in [0.15, 0.2) is 0 Å². The molecule has 0 bridgehead atoms. The fourth-order valence-corrected chi connectivity index (χ4v) is 3.82. The van der Waals surface area contributed by atoms with Crippen molar-refractivity contribution in [2.24, 2.45) is 0 Å². The SMILES string of the molecule is Cc1[nH]nc2ccc(-c3cc(OC[C@@H](O)Cc4ccccc4)cnc3-c3ccoc3)cc12. The van der Waals surface area contributed by atoms with Crippen molar-refractivity contribution < 1.29 is 14.3 Å². The van der Waals surface area contributed by atoms with Gasteiger partial charge in [0.2, 0.25) is 0 Å². The second kappa shape index (κ2) is 8.69. The maximum absolute atomic E-state index is 10.4. The summed E-state index contributed by atoms with van der Waals surface area (Å²) in [6.07, 6.45) is 4.92. The van der Waals surface area contributed by atoms with Crippen molar-refractivity contribution in [2.75, 3.05) is 6.61 Å². The van der Waals surface area contributed by atoms with E-state index in [0.717, 1.165) is 44.5 Å². The van der Waals surface area contributed by atoms with Crippen molar-refractivity contribution >= 4 is 10.9 Å². The van der Waals surface area contributed by atoms with Crippen LogP contribution >= 0.6 is 0 Å². The number of ether oxygens (including phenoxy) is 1. The first kappa shape index (κ1) is 20.0. The van der Waals surface area contributed by atoms with E-state index < -0.39 is 6.10 Å². The first-order valence-corrected chi connectivity index (χ1v) is 10.5. The number of nitrogens with zero attached hydrogens (tertiary/aromatic N) is 2. The molecule has 6 heteroatoms. The second-order valence-electron chi connectivity index (χ2n) is 7.81. The third-order valence-corrected chi connectivity index (χ3v) is 5.47. The molecule has 0 spiro atoms. The summed E-state index contributed by atoms with van der Waals surface area (Å²) in [5.74, 6) is 0.600. The van der Waals surface area contributed by atoms with Gasteiger partial charge >= 0.3 is 0 Å². The highest BCUT2D eigenvalue weighted by molar-refractivity contribution is 5.90. The van der Waals surface area contributed by atoms with Gasteiger partial charge in [0.1, 0.15) is 12.4 Å². The van der Waals surface area contributed by atoms with E-state index in [2.05, 4.69) is 21.2 Å². The number of aliphatic hydroxyl groups is 1. The molecule has 5 aromatic rings. The highest BCUT2D eigenvalue weighted by Gasteiger charge is 2.15. The zero-order chi connectivity index (χ0) is 21.9. The Morgan fingerprint density at radius 1 is 1.06 bits per heavy atom. The topological polar surface area (TPSA) is 84.2 Å². The van der Waals surface area contributed by atoms with Gasteiger partial charge in [-0.3, -0.25) is 10.1 Å². The van der Waals surface area contributed by atoms with Crippen molar-refractivity contribution in [2.45, 2.75) is 19.4 Å². The molecule has 2 aromatic carbocycles. The molecule has 5 rings (SSSR count). The molecule has 0 fully saturated rings. The summed E-state index contributed by atoms with van der Waals surface area (Å²) in [4.78, 5) is 4.66. The molecule has 6 nitrogen and oxygen atoms in total. The van der Waals surface area contributed by atoms with Crippen molar-refractivity contribution in [3.8, 4) is 28.1 Å². The molecule has 1 atom stereocenters. The van der Waals surface area contributed by atoms with Crippen LogP contribution in [-0.4, -0.2) is 33.0 Å². The molecule has 3 aromatic heterocycles. The predicted molar refractivity (Wildman–Crippen MR) is 123 cm³/mol. The van der Waals surface area contributed by atoms with Crippen LogP contribution < -0.4 is 4.74 Å². The molecule has 0 radical (unpaired) electrons. The van der Waals surface area contributed by atoms with Crippen LogP contribution in [0.2, 0.25) is 0 Å². The van der Waals surface area contributed by atoms with Crippen molar-refractivity contribution in [3.63, 3.8) is 0 Å². The number of benzene rings is 2. The van der Waals surface area contributed by atoms with Crippen LogP contribution in [0.5, 0.6) is 5.75 Å². The normalized spacial score (nSPS) is 12.2. The van der Waals surface area contributed by atoms with E-state index in [4.69, 9.17) is 9.15 Å². The first-order valence-electron chi connectivity index (χ1n) is 10.5. The van der Waals surface area contributed by atoms with Gasteiger partial charge in [-0.1, -0.05) is 36.4 Å². The molecule has 3 heterocycles. The summed E-state index contributed by atoms with van der Waals surface area (Å²) < 4.78 is 11.2. The van der Waals surface area contributed by atoms with Crippen LogP contribution in [0.3, 0.4) is 0 Å². The lowest BCUT2D eigenvalue weighted by Crippen LogP contribution is -2.20. The molecular formula is C26H23N3O3. The quantitative estimate of drug-likeness (QED) is 0.376. The average molecular weight is 425 g/mol. The summed E-state index contributed by atoms with van der Waals surface area (Å²) in [5, 5.41) is 18.8. The van der Waals surface area contributed by atoms with E-state index in [1.807, 2.05) is 61.5 Å². The fourth-order valence-electron chi connectivity index (χ4n) is 3.82. The largest absolute Gasteiger partial charge is 0.489 e. The number of rotatable bonds is 7. The number of fused-ring (bicyclic) bond motifs is 1. The van der Waals surface area contributed by atoms with Crippen LogP contribution in [0.1, 0.15) is 11.3 Å². The van der Waals surface area contributed by atoms with Gasteiger partial charge in [-0.2, -0.15) is 5.10 Å². The summed E-state index contributed by atoms with van der Waals surface area (Å²) in [6.45, 7) is 2.18. The Kier molecular flexibility index (Phi) is 5.44. The second-order valence-corrected chi connectivity index (χ2v) is 7.81. The minimum absolute atomic E-state index is 0.181. The summed E-state index contributed by atoms with van der Waals surface area (Å²) in [5.41, 5.74) is 6.61. The highest BCUT2D eigenvalue weighted by Crippen LogP contribution is 2.35. The van der Waals surface area contributed by atoms with Crippen molar-refractivity contribution in [1.29, 1.82) is 0 Å². The van der Waals surface area contributed by atoms with Gasteiger partial charge in [0.25, 0.3) is 0 Å². The van der Waals surface area contributed by atoms with Gasteiger partial charge in [-0.05, 0) is 42.3 Å². The van der Waals surface area contributed by atoms with Crippen LogP contribution in [0.4, 0.5) is 0 Å². The number of hydrogen-bond acceptors (Lipinski definition) is 5. The average Bonchev–Trinajstić information content (AvgIpc) is 3.48. The third kappa shape index (κ3) is 4.13. The molecule has 160 valence electrons. The lowest BCUT2D eigenvalue weighted by Gasteiger charge is -2.14. The maximum atomic E-state index is 10.4. The fraction of sp³-hybridized carbons (Fsp3) is 0.154. The molecule has 32 heavy (non-hydrogen) atoms. The van der Waals surface area contributed by atoms with E-state index in [9.17, 15) is 5.11 Å². The van der Waals surface area contributed by atoms with Gasteiger partial charge in [0, 0.05) is 28.6 Å². The van der Waals surface area contributed by atoms with Gasteiger partial charge < -0.3 is 14.3 Å². The molecule has 0 amide bonds. The Hall–Kier alpha value is -3.90. The summed E-state index contributed by atoms with van der Waals surface area (Å²) in [7, 11) is 0. The number of pyridine rings is 1. The molecule has 2 N–H and O–H groups in total. The number of aromatic amines is 1. The zero-order valence-electron chi connectivity index (χ0n) is 17.7. The number of aromatic nitrogens is 3. The Balaban J connectivity index is 1.44. The Bertz CT molecular complexity index is 1330. The number of hydrogen-bond donors (Lipinski definition) is 2. The van der Waals surface area contributed by atoms with Crippen LogP contribution in [0.15, 0.2) is 83.8 Å². The molecule has 0 aliphatic carbocycles. The minimum Gasteiger partial charge on any atom is -0.489 e. The van der Waals surface area contributed by atoms with Gasteiger partial charge in [-0.25, -0.2) is 0 Å². The molecular weight excluding hydrogens is 402 g/mol. The van der Waals surface area contributed by atoms with E-state index in [-0.39, 0.29) is 6.61 Å². The summed E-state index contributed by atoms with van der Waals surface area (Å²) >= 11 is 0. The number of aryl methyl sites for hydroxylation is 1. The van der Waals surface area contributed by atoms with Gasteiger partial charge in [-0.15, -0.1) is 0 Å². The Labute approximate surface area is 185 Å². The third-order valence-electron chi connectivity index (χ3n) is 5.47. The molecule has 0 aliphatic heterocycles. The molecule has 0 aliphatic rings. The van der Waals surface area contributed by atoms with E-state index in [0.29, 0.717) is 12.2 Å². The number of furan rings is 1. The standard InChI is InChI=1S/C26H23N3O3/c1-17-23-12-19(7-8-25(23)29-28-17)24-13-22(14-27-26(24)20-9-10-31-15-20)32-16-21(30)11-18-5-3-2-4-6-18/h2-10,12-15,21,30H,11,16H2,1H3,(H,28,29)/t21-/m0/s1. The molecule has 0 saturated carbocycles. The number of aliphatic hydroxyl groups excluding tert-OH is 1. The maximum Gasteiger partial charge on any atom is 0.138 e. The smallest absolute Gasteiger partial charge is 0.138 e. The predicted octanol–water partition coefficient (Wildman–Crippen LogP) is 5.18. The first-order chi connectivity index (χ1) is 15.7. The van der Waals surface area contributed by atoms with E-state index >= 15 is 0 Å². The highest BCUT2D eigenvalue weighted by atomic mass is 16.5. The lowest BCUT2D eigenvalue weighted by molar-refractivity contribution is 0.107. The van der Waals surface area contributed by atoms with Crippen LogP contribution in [0, 0.1) is 6.92 Å². The molecule has 0 unspecified atom stereocenters. The van der Waals surface area contributed by atoms with Gasteiger partial charge in [0.05, 0.1) is 36.0 Å². The summed E-state index contributed by atoms with van der Waals surface area (Å²) in [6, 6.07) is 19.8. The minimum atomic E-state index is -0.612. The monoisotopic (exact) mass is 425 g/mol. The van der Waals surface area contributed by atoms with E-state index in [1.165, 1.54) is 0 Å². The van der Waals surface area contributed by atoms with Crippen LogP contribution in [-0.2, 0) is 6.42 Å².